The summed E-state index contributed by atoms with van der Waals surface area (Å²) in [5, 5.41) is 0. The predicted octanol–water partition coefficient (Wildman–Crippen LogP) is 3.28. The smallest absolute Gasteiger partial charge is 0.123 e. The Balaban J connectivity index is 2.54. The van der Waals surface area contributed by atoms with Crippen molar-refractivity contribution in [3.8, 4) is 0 Å². The Morgan fingerprint density at radius 1 is 1.41 bits per heavy atom. The fourth-order valence-electron chi connectivity index (χ4n) is 1.86. The van der Waals surface area contributed by atoms with Gasteiger partial charge in [-0.2, -0.15) is 0 Å². The molecule has 3 heteroatoms. The quantitative estimate of drug-likeness (QED) is 0.792. The first-order valence-corrected chi connectivity index (χ1v) is 6.24. The molecule has 0 aliphatic heterocycles. The lowest BCUT2D eigenvalue weighted by atomic mass is 10.1. The summed E-state index contributed by atoms with van der Waals surface area (Å²) in [4.78, 5) is 0. The van der Waals surface area contributed by atoms with E-state index in [0.29, 0.717) is 19.1 Å². The first-order chi connectivity index (χ1) is 8.17. The lowest BCUT2D eigenvalue weighted by molar-refractivity contribution is 0.0349. The SMILES string of the molecule is CCCC(C)COC(CN)c1cccc(F)c1. The summed E-state index contributed by atoms with van der Waals surface area (Å²) in [5.74, 6) is 0.272. The Kier molecular flexibility index (Phi) is 6.16. The third kappa shape index (κ3) is 4.84. The highest BCUT2D eigenvalue weighted by Crippen LogP contribution is 2.19. The summed E-state index contributed by atoms with van der Waals surface area (Å²) in [6.07, 6.45) is 2.09. The highest BCUT2D eigenvalue weighted by atomic mass is 19.1. The van der Waals surface area contributed by atoms with Gasteiger partial charge in [-0.05, 0) is 30.0 Å². The lowest BCUT2D eigenvalue weighted by Gasteiger charge is -2.19. The summed E-state index contributed by atoms with van der Waals surface area (Å²) >= 11 is 0. The van der Waals surface area contributed by atoms with Crippen molar-refractivity contribution in [3.63, 3.8) is 0 Å². The maximum atomic E-state index is 13.1. The number of nitrogens with two attached hydrogens (primary N) is 1. The predicted molar refractivity (Wildman–Crippen MR) is 68.2 cm³/mol. The molecule has 0 spiro atoms. The van der Waals surface area contributed by atoms with Crippen molar-refractivity contribution in [1.82, 2.24) is 0 Å². The van der Waals surface area contributed by atoms with Gasteiger partial charge in [-0.1, -0.05) is 32.4 Å². The number of hydrogen-bond acceptors (Lipinski definition) is 2. The van der Waals surface area contributed by atoms with Gasteiger partial charge < -0.3 is 10.5 Å². The van der Waals surface area contributed by atoms with Crippen LogP contribution in [0.2, 0.25) is 0 Å². The second-order valence-electron chi connectivity index (χ2n) is 4.51. The van der Waals surface area contributed by atoms with Gasteiger partial charge in [0, 0.05) is 6.54 Å². The van der Waals surface area contributed by atoms with Crippen molar-refractivity contribution in [2.45, 2.75) is 32.8 Å². The Hall–Kier alpha value is -0.930. The van der Waals surface area contributed by atoms with Crippen LogP contribution in [-0.4, -0.2) is 13.2 Å². The molecule has 0 saturated carbocycles. The Labute approximate surface area is 103 Å². The first kappa shape index (κ1) is 14.1. The molecule has 2 unspecified atom stereocenters. The van der Waals surface area contributed by atoms with Gasteiger partial charge in [0.1, 0.15) is 5.82 Å². The van der Waals surface area contributed by atoms with E-state index in [1.807, 2.05) is 6.07 Å². The van der Waals surface area contributed by atoms with Crippen LogP contribution in [0.15, 0.2) is 24.3 Å². The molecule has 96 valence electrons. The fourth-order valence-corrected chi connectivity index (χ4v) is 1.86. The van der Waals surface area contributed by atoms with Crippen LogP contribution in [0, 0.1) is 11.7 Å². The molecule has 0 aliphatic carbocycles. The van der Waals surface area contributed by atoms with Crippen molar-refractivity contribution in [3.05, 3.63) is 35.6 Å². The van der Waals surface area contributed by atoms with E-state index in [9.17, 15) is 4.39 Å². The minimum atomic E-state index is -0.244. The lowest BCUT2D eigenvalue weighted by Crippen LogP contribution is -2.19. The monoisotopic (exact) mass is 239 g/mol. The van der Waals surface area contributed by atoms with Crippen molar-refractivity contribution >= 4 is 0 Å². The third-order valence-electron chi connectivity index (χ3n) is 2.80. The van der Waals surface area contributed by atoms with E-state index in [0.717, 1.165) is 18.4 Å². The molecule has 0 bridgehead atoms. The zero-order valence-electron chi connectivity index (χ0n) is 10.7. The van der Waals surface area contributed by atoms with Crippen molar-refractivity contribution in [2.75, 3.05) is 13.2 Å². The Morgan fingerprint density at radius 2 is 2.18 bits per heavy atom. The fraction of sp³-hybridized carbons (Fsp3) is 0.571. The molecule has 2 atom stereocenters. The first-order valence-electron chi connectivity index (χ1n) is 6.24. The zero-order valence-corrected chi connectivity index (χ0v) is 10.7. The van der Waals surface area contributed by atoms with Crippen LogP contribution in [-0.2, 0) is 4.74 Å². The van der Waals surface area contributed by atoms with Crippen LogP contribution in [0.25, 0.3) is 0 Å². The van der Waals surface area contributed by atoms with E-state index in [2.05, 4.69) is 13.8 Å². The average molecular weight is 239 g/mol. The van der Waals surface area contributed by atoms with Crippen LogP contribution in [0.3, 0.4) is 0 Å². The second kappa shape index (κ2) is 7.41. The normalized spacial score (nSPS) is 14.6. The highest BCUT2D eigenvalue weighted by Gasteiger charge is 2.12. The number of ether oxygens (including phenoxy) is 1. The number of benzene rings is 1. The van der Waals surface area contributed by atoms with Crippen LogP contribution < -0.4 is 5.73 Å². The van der Waals surface area contributed by atoms with E-state index in [1.54, 1.807) is 6.07 Å². The molecule has 0 amide bonds. The van der Waals surface area contributed by atoms with Crippen molar-refractivity contribution in [2.24, 2.45) is 11.7 Å². The van der Waals surface area contributed by atoms with Crippen LogP contribution in [0.5, 0.6) is 0 Å². The van der Waals surface area contributed by atoms with Crippen molar-refractivity contribution in [1.29, 1.82) is 0 Å². The zero-order chi connectivity index (χ0) is 12.7. The molecule has 0 saturated heterocycles. The second-order valence-corrected chi connectivity index (χ2v) is 4.51. The molecule has 0 aromatic heterocycles. The molecular weight excluding hydrogens is 217 g/mol. The highest BCUT2D eigenvalue weighted by molar-refractivity contribution is 5.19. The van der Waals surface area contributed by atoms with Gasteiger partial charge in [0.2, 0.25) is 0 Å². The molecule has 0 radical (unpaired) electrons. The van der Waals surface area contributed by atoms with E-state index in [1.165, 1.54) is 12.1 Å². The molecule has 0 fully saturated rings. The minimum Gasteiger partial charge on any atom is -0.372 e. The van der Waals surface area contributed by atoms with Crippen molar-refractivity contribution < 1.29 is 9.13 Å². The average Bonchev–Trinajstić information content (AvgIpc) is 2.30. The van der Waals surface area contributed by atoms with E-state index in [-0.39, 0.29) is 11.9 Å². The van der Waals surface area contributed by atoms with Gasteiger partial charge in [-0.25, -0.2) is 4.39 Å². The number of halogens is 1. The number of rotatable bonds is 7. The molecule has 1 aromatic carbocycles. The standard InChI is InChI=1S/C14H22FNO/c1-3-5-11(2)10-17-14(9-16)12-6-4-7-13(15)8-12/h4,6-8,11,14H,3,5,9-10,16H2,1-2H3. The molecule has 2 nitrogen and oxygen atoms in total. The summed E-state index contributed by atoms with van der Waals surface area (Å²) in [5.41, 5.74) is 6.48. The van der Waals surface area contributed by atoms with Gasteiger partial charge in [-0.3, -0.25) is 0 Å². The maximum Gasteiger partial charge on any atom is 0.123 e. The molecule has 17 heavy (non-hydrogen) atoms. The summed E-state index contributed by atoms with van der Waals surface area (Å²) in [7, 11) is 0. The van der Waals surface area contributed by atoms with Gasteiger partial charge in [0.15, 0.2) is 0 Å². The minimum absolute atomic E-state index is 0.204. The molecule has 0 heterocycles. The van der Waals surface area contributed by atoms with E-state index < -0.39 is 0 Å². The molecule has 1 aromatic rings. The van der Waals surface area contributed by atoms with E-state index in [4.69, 9.17) is 10.5 Å². The van der Waals surface area contributed by atoms with Crippen LogP contribution in [0.4, 0.5) is 4.39 Å². The van der Waals surface area contributed by atoms with Crippen LogP contribution >= 0.6 is 0 Å². The van der Waals surface area contributed by atoms with Gasteiger partial charge in [0.05, 0.1) is 12.7 Å². The summed E-state index contributed by atoms with van der Waals surface area (Å²) in [6, 6.07) is 6.45. The van der Waals surface area contributed by atoms with Gasteiger partial charge in [0.25, 0.3) is 0 Å². The molecule has 0 aliphatic rings. The van der Waals surface area contributed by atoms with E-state index >= 15 is 0 Å². The number of hydrogen-bond donors (Lipinski definition) is 1. The Morgan fingerprint density at radius 3 is 2.76 bits per heavy atom. The van der Waals surface area contributed by atoms with Gasteiger partial charge >= 0.3 is 0 Å². The van der Waals surface area contributed by atoms with Crippen LogP contribution in [0.1, 0.15) is 38.4 Å². The third-order valence-corrected chi connectivity index (χ3v) is 2.80. The molecule has 1 rings (SSSR count). The molecule has 2 N–H and O–H groups in total. The maximum absolute atomic E-state index is 13.1. The topological polar surface area (TPSA) is 35.2 Å². The summed E-state index contributed by atoms with van der Waals surface area (Å²) < 4.78 is 18.8. The summed E-state index contributed by atoms with van der Waals surface area (Å²) in [6.45, 7) is 5.36. The molecular formula is C14H22FNO. The Bertz CT molecular complexity index is 330. The largest absolute Gasteiger partial charge is 0.372 e. The van der Waals surface area contributed by atoms with Gasteiger partial charge in [-0.15, -0.1) is 0 Å².